The van der Waals surface area contributed by atoms with Crippen LogP contribution >= 0.6 is 15.9 Å². The van der Waals surface area contributed by atoms with Crippen LogP contribution in [-0.4, -0.2) is 50.9 Å². The first-order chi connectivity index (χ1) is 22.5. The number of rotatable bonds is 15. The molecule has 0 aliphatic heterocycles. The molecule has 0 bridgehead atoms. The maximum absolute atomic E-state index is 14.6. The summed E-state index contributed by atoms with van der Waals surface area (Å²) < 4.78 is 35.8. The number of halogens is 1. The molecule has 2 amide bonds. The van der Waals surface area contributed by atoms with E-state index in [9.17, 15) is 18.0 Å². The number of hydrogen-bond acceptors (Lipinski definition) is 5. The summed E-state index contributed by atoms with van der Waals surface area (Å²) in [6.07, 6.45) is 0.255. The Kier molecular flexibility index (Phi) is 12.6. The molecule has 0 spiro atoms. The van der Waals surface area contributed by atoms with Crippen molar-refractivity contribution in [3.05, 3.63) is 124 Å². The fraction of sp³-hybridized carbons (Fsp3) is 0.297. The number of ether oxygens (including phenoxy) is 1. The summed E-state index contributed by atoms with van der Waals surface area (Å²) in [6, 6.07) is 29.2. The number of nitrogens with zero attached hydrogens (tertiary/aromatic N) is 2. The molecule has 1 N–H and O–H groups in total. The fourth-order valence-electron chi connectivity index (χ4n) is 5.00. The summed E-state index contributed by atoms with van der Waals surface area (Å²) in [5.41, 5.74) is 3.06. The molecule has 8 nitrogen and oxygen atoms in total. The number of carbonyl (C=O) groups excluding carboxylic acids is 2. The highest BCUT2D eigenvalue weighted by atomic mass is 79.9. The van der Waals surface area contributed by atoms with Crippen molar-refractivity contribution in [3.63, 3.8) is 0 Å². The second-order valence-corrected chi connectivity index (χ2v) is 14.5. The summed E-state index contributed by atoms with van der Waals surface area (Å²) >= 11 is 3.37. The van der Waals surface area contributed by atoms with Crippen LogP contribution in [-0.2, 0) is 32.6 Å². The minimum absolute atomic E-state index is 0.0305. The molecule has 0 aromatic heterocycles. The summed E-state index contributed by atoms with van der Waals surface area (Å²) in [7, 11) is -4.21. The Balaban J connectivity index is 1.79. The van der Waals surface area contributed by atoms with Gasteiger partial charge in [0.1, 0.15) is 18.3 Å². The van der Waals surface area contributed by atoms with Gasteiger partial charge in [-0.1, -0.05) is 89.9 Å². The third kappa shape index (κ3) is 9.92. The third-order valence-corrected chi connectivity index (χ3v) is 9.86. The molecule has 0 radical (unpaired) electrons. The molecule has 0 fully saturated rings. The van der Waals surface area contributed by atoms with Crippen molar-refractivity contribution in [1.29, 1.82) is 0 Å². The largest absolute Gasteiger partial charge is 0.494 e. The minimum atomic E-state index is -4.21. The van der Waals surface area contributed by atoms with E-state index in [0.29, 0.717) is 24.6 Å². The van der Waals surface area contributed by atoms with Crippen molar-refractivity contribution in [3.8, 4) is 5.75 Å². The van der Waals surface area contributed by atoms with E-state index < -0.39 is 28.5 Å². The number of benzene rings is 4. The molecule has 4 rings (SSSR count). The quantitative estimate of drug-likeness (QED) is 0.147. The van der Waals surface area contributed by atoms with Crippen LogP contribution in [0.2, 0.25) is 0 Å². The van der Waals surface area contributed by atoms with Crippen molar-refractivity contribution >= 4 is 43.5 Å². The number of sulfonamides is 1. The second-order valence-electron chi connectivity index (χ2n) is 11.7. The molecule has 4 aromatic rings. The van der Waals surface area contributed by atoms with Crippen LogP contribution in [0.15, 0.2) is 112 Å². The average Bonchev–Trinajstić information content (AvgIpc) is 3.06. The summed E-state index contributed by atoms with van der Waals surface area (Å²) in [6.45, 7) is 8.32. The predicted octanol–water partition coefficient (Wildman–Crippen LogP) is 6.76. The smallest absolute Gasteiger partial charge is 0.264 e. The first kappa shape index (κ1) is 35.7. The molecular formula is C37H42BrN3O5S. The van der Waals surface area contributed by atoms with E-state index in [1.807, 2.05) is 82.3 Å². The molecule has 1 atom stereocenters. The van der Waals surface area contributed by atoms with Crippen molar-refractivity contribution in [2.45, 2.75) is 51.6 Å². The highest BCUT2D eigenvalue weighted by Crippen LogP contribution is 2.28. The Hall–Kier alpha value is -4.15. The highest BCUT2D eigenvalue weighted by Gasteiger charge is 2.34. The van der Waals surface area contributed by atoms with Crippen LogP contribution in [0.25, 0.3) is 0 Å². The van der Waals surface area contributed by atoms with Gasteiger partial charge < -0.3 is 15.0 Å². The molecule has 0 saturated heterocycles. The molecule has 0 aliphatic carbocycles. The number of hydrogen-bond donors (Lipinski definition) is 1. The topological polar surface area (TPSA) is 96.0 Å². The lowest BCUT2D eigenvalue weighted by atomic mass is 10.0. The minimum Gasteiger partial charge on any atom is -0.494 e. The number of aryl methyl sites for hydroxylation is 1. The molecule has 0 aliphatic rings. The van der Waals surface area contributed by atoms with Gasteiger partial charge in [-0.2, -0.15) is 0 Å². The Morgan fingerprint density at radius 2 is 1.49 bits per heavy atom. The molecular weight excluding hydrogens is 678 g/mol. The Labute approximate surface area is 286 Å². The maximum atomic E-state index is 14.6. The Bertz CT molecular complexity index is 1710. The van der Waals surface area contributed by atoms with E-state index in [0.717, 1.165) is 25.5 Å². The monoisotopic (exact) mass is 719 g/mol. The van der Waals surface area contributed by atoms with E-state index in [-0.39, 0.29) is 29.7 Å². The van der Waals surface area contributed by atoms with Crippen LogP contribution < -0.4 is 14.4 Å². The zero-order valence-corrected chi connectivity index (χ0v) is 29.6. The van der Waals surface area contributed by atoms with E-state index in [4.69, 9.17) is 4.74 Å². The predicted molar refractivity (Wildman–Crippen MR) is 190 cm³/mol. The highest BCUT2D eigenvalue weighted by molar-refractivity contribution is 9.10. The number of nitrogens with one attached hydrogen (secondary N) is 1. The van der Waals surface area contributed by atoms with E-state index in [2.05, 4.69) is 21.2 Å². The molecule has 0 saturated carbocycles. The summed E-state index contributed by atoms with van der Waals surface area (Å²) in [5, 5.41) is 3.01. The van der Waals surface area contributed by atoms with Gasteiger partial charge in [-0.3, -0.25) is 13.9 Å². The summed E-state index contributed by atoms with van der Waals surface area (Å²) in [5.74, 6) is -0.0368. The Morgan fingerprint density at radius 3 is 2.09 bits per heavy atom. The summed E-state index contributed by atoms with van der Waals surface area (Å²) in [4.78, 5) is 30.0. The van der Waals surface area contributed by atoms with Gasteiger partial charge >= 0.3 is 0 Å². The van der Waals surface area contributed by atoms with Gasteiger partial charge in [0.05, 0.1) is 17.2 Å². The van der Waals surface area contributed by atoms with Crippen LogP contribution in [0.1, 0.15) is 37.5 Å². The van der Waals surface area contributed by atoms with Crippen molar-refractivity contribution in [2.24, 2.45) is 5.92 Å². The number of carbonyl (C=O) groups is 2. The van der Waals surface area contributed by atoms with Crippen molar-refractivity contribution in [1.82, 2.24) is 10.2 Å². The van der Waals surface area contributed by atoms with Gasteiger partial charge in [0.15, 0.2) is 0 Å². The zero-order valence-electron chi connectivity index (χ0n) is 27.2. The molecule has 0 unspecified atom stereocenters. The SMILES string of the molecule is CCOc1ccc(N(CC(=O)N(Cc2ccc(C)cc2)[C@@H](Cc2ccccc2)C(=O)NCC(C)C)S(=O)(=O)c2ccc(Br)cc2)cc1. The maximum Gasteiger partial charge on any atom is 0.264 e. The standard InChI is InChI=1S/C37H42BrN3O5S/c1-5-46-33-19-17-32(18-20-33)41(47(44,45)34-21-15-31(38)16-22-34)26-36(42)40(25-30-13-11-28(4)12-14-30)35(37(43)39-24-27(2)3)23-29-9-7-6-8-10-29/h6-22,27,35H,5,23-26H2,1-4H3,(H,39,43)/t35-/m0/s1. The first-order valence-electron chi connectivity index (χ1n) is 15.7. The lowest BCUT2D eigenvalue weighted by Crippen LogP contribution is -2.53. The van der Waals surface area contributed by atoms with Crippen molar-refractivity contribution < 1.29 is 22.7 Å². The van der Waals surface area contributed by atoms with Crippen LogP contribution in [0.3, 0.4) is 0 Å². The normalized spacial score (nSPS) is 12.0. The van der Waals surface area contributed by atoms with Gasteiger partial charge in [0.2, 0.25) is 11.8 Å². The van der Waals surface area contributed by atoms with E-state index in [1.165, 1.54) is 17.0 Å². The molecule has 10 heteroatoms. The van der Waals surface area contributed by atoms with Crippen LogP contribution in [0.5, 0.6) is 5.75 Å². The average molecular weight is 721 g/mol. The van der Waals surface area contributed by atoms with Crippen molar-refractivity contribution in [2.75, 3.05) is 24.0 Å². The van der Waals surface area contributed by atoms with Gasteiger partial charge in [0.25, 0.3) is 10.0 Å². The fourth-order valence-corrected chi connectivity index (χ4v) is 6.68. The van der Waals surface area contributed by atoms with Gasteiger partial charge in [0, 0.05) is 24.0 Å². The second kappa shape index (κ2) is 16.6. The van der Waals surface area contributed by atoms with Crippen LogP contribution in [0, 0.1) is 12.8 Å². The van der Waals surface area contributed by atoms with Gasteiger partial charge in [-0.15, -0.1) is 0 Å². The molecule has 4 aromatic carbocycles. The zero-order chi connectivity index (χ0) is 34.0. The van der Waals surface area contributed by atoms with Crippen LogP contribution in [0.4, 0.5) is 5.69 Å². The molecule has 47 heavy (non-hydrogen) atoms. The van der Waals surface area contributed by atoms with Gasteiger partial charge in [-0.05, 0) is 79.4 Å². The lowest BCUT2D eigenvalue weighted by Gasteiger charge is -2.34. The van der Waals surface area contributed by atoms with Gasteiger partial charge in [-0.25, -0.2) is 8.42 Å². The lowest BCUT2D eigenvalue weighted by molar-refractivity contribution is -0.140. The van der Waals surface area contributed by atoms with E-state index in [1.54, 1.807) is 36.4 Å². The molecule has 248 valence electrons. The number of amides is 2. The first-order valence-corrected chi connectivity index (χ1v) is 17.9. The molecule has 0 heterocycles. The Morgan fingerprint density at radius 1 is 0.851 bits per heavy atom. The third-order valence-electron chi connectivity index (χ3n) is 7.55. The van der Waals surface area contributed by atoms with E-state index >= 15 is 0 Å². The number of anilines is 1.